The molecule has 0 saturated heterocycles. The lowest BCUT2D eigenvalue weighted by Crippen LogP contribution is -2.34. The van der Waals surface area contributed by atoms with Gasteiger partial charge in [-0.1, -0.05) is 30.3 Å². The molecule has 0 atom stereocenters. The summed E-state index contributed by atoms with van der Waals surface area (Å²) in [6, 6.07) is 15.8. The molecule has 0 aromatic heterocycles. The van der Waals surface area contributed by atoms with Crippen LogP contribution in [0.2, 0.25) is 0 Å². The maximum atomic E-state index is 12.8. The normalized spacial score (nSPS) is 10.1. The number of nitrogens with zero attached hydrogens (tertiary/aromatic N) is 1. The third kappa shape index (κ3) is 4.09. The molecule has 0 saturated carbocycles. The summed E-state index contributed by atoms with van der Waals surface area (Å²) in [6.07, 6.45) is 0. The Bertz CT molecular complexity index is 554. The summed E-state index contributed by atoms with van der Waals surface area (Å²) >= 11 is 0. The van der Waals surface area contributed by atoms with Crippen LogP contribution in [0.5, 0.6) is 0 Å². The number of amides is 1. The van der Waals surface area contributed by atoms with E-state index in [1.54, 1.807) is 12.1 Å². The van der Waals surface area contributed by atoms with Crippen molar-refractivity contribution in [2.75, 3.05) is 18.5 Å². The van der Waals surface area contributed by atoms with E-state index in [-0.39, 0.29) is 18.3 Å². The van der Waals surface area contributed by atoms with Crippen LogP contribution in [-0.4, -0.2) is 19.5 Å². The number of rotatable bonds is 5. The lowest BCUT2D eigenvalue weighted by atomic mass is 10.2. The van der Waals surface area contributed by atoms with Crippen LogP contribution >= 0.6 is 0 Å². The number of anilines is 1. The molecule has 0 heterocycles. The van der Waals surface area contributed by atoms with Gasteiger partial charge < -0.3 is 10.2 Å². The van der Waals surface area contributed by atoms with Crippen molar-refractivity contribution in [1.82, 2.24) is 5.32 Å². The van der Waals surface area contributed by atoms with E-state index in [9.17, 15) is 9.18 Å². The third-order valence-corrected chi connectivity index (χ3v) is 2.98. The van der Waals surface area contributed by atoms with Crippen LogP contribution in [0.25, 0.3) is 0 Å². The van der Waals surface area contributed by atoms with Crippen molar-refractivity contribution in [2.24, 2.45) is 0 Å². The molecule has 4 heteroatoms. The molecule has 0 bridgehead atoms. The summed E-state index contributed by atoms with van der Waals surface area (Å²) in [5, 5.41) is 2.82. The van der Waals surface area contributed by atoms with Gasteiger partial charge in [0.15, 0.2) is 0 Å². The monoisotopic (exact) mass is 272 g/mol. The molecule has 104 valence electrons. The van der Waals surface area contributed by atoms with Gasteiger partial charge in [-0.2, -0.15) is 0 Å². The first-order chi connectivity index (χ1) is 9.65. The van der Waals surface area contributed by atoms with E-state index in [0.717, 1.165) is 11.3 Å². The molecule has 0 aliphatic carbocycles. The minimum absolute atomic E-state index is 0.0688. The van der Waals surface area contributed by atoms with Gasteiger partial charge in [-0.15, -0.1) is 0 Å². The van der Waals surface area contributed by atoms with E-state index in [0.29, 0.717) is 6.54 Å². The van der Waals surface area contributed by atoms with Gasteiger partial charge in [-0.05, 0) is 29.8 Å². The number of para-hydroxylation sites is 1. The van der Waals surface area contributed by atoms with Crippen molar-refractivity contribution in [1.29, 1.82) is 0 Å². The van der Waals surface area contributed by atoms with Crippen LogP contribution in [0.4, 0.5) is 10.1 Å². The Morgan fingerprint density at radius 1 is 1.10 bits per heavy atom. The van der Waals surface area contributed by atoms with Gasteiger partial charge >= 0.3 is 0 Å². The Morgan fingerprint density at radius 2 is 1.75 bits per heavy atom. The highest BCUT2D eigenvalue weighted by molar-refractivity contribution is 5.81. The molecule has 0 radical (unpaired) electrons. The second kappa shape index (κ2) is 6.70. The zero-order chi connectivity index (χ0) is 14.4. The number of likely N-dealkylation sites (N-methyl/N-ethyl adjacent to an activating group) is 1. The van der Waals surface area contributed by atoms with Crippen LogP contribution < -0.4 is 10.2 Å². The molecule has 2 aromatic carbocycles. The zero-order valence-electron chi connectivity index (χ0n) is 11.3. The molecular weight excluding hydrogens is 255 g/mol. The van der Waals surface area contributed by atoms with Crippen molar-refractivity contribution in [3.05, 3.63) is 66.0 Å². The molecule has 1 amide bonds. The molecule has 1 N–H and O–H groups in total. The summed E-state index contributed by atoms with van der Waals surface area (Å²) in [7, 11) is 1.87. The Hall–Kier alpha value is -2.36. The largest absolute Gasteiger partial charge is 0.365 e. The number of carbonyl (C=O) groups is 1. The maximum Gasteiger partial charge on any atom is 0.239 e. The number of halogens is 1. The SMILES string of the molecule is CN(CC(=O)NCc1ccc(F)cc1)c1ccccc1. The Balaban J connectivity index is 1.82. The Labute approximate surface area is 118 Å². The lowest BCUT2D eigenvalue weighted by molar-refractivity contribution is -0.119. The lowest BCUT2D eigenvalue weighted by Gasteiger charge is -2.18. The van der Waals surface area contributed by atoms with Crippen molar-refractivity contribution in [3.8, 4) is 0 Å². The van der Waals surface area contributed by atoms with Crippen LogP contribution in [0.3, 0.4) is 0 Å². The Morgan fingerprint density at radius 3 is 2.40 bits per heavy atom. The van der Waals surface area contributed by atoms with Crippen molar-refractivity contribution >= 4 is 11.6 Å². The first-order valence-corrected chi connectivity index (χ1v) is 6.42. The van der Waals surface area contributed by atoms with Crippen LogP contribution in [0, 0.1) is 5.82 Å². The number of hydrogen-bond acceptors (Lipinski definition) is 2. The van der Waals surface area contributed by atoms with Gasteiger partial charge in [-0.25, -0.2) is 4.39 Å². The van der Waals surface area contributed by atoms with Crippen molar-refractivity contribution in [2.45, 2.75) is 6.54 Å². The Kier molecular flexibility index (Phi) is 4.71. The van der Waals surface area contributed by atoms with Crippen LogP contribution in [0.15, 0.2) is 54.6 Å². The first-order valence-electron chi connectivity index (χ1n) is 6.42. The summed E-state index contributed by atoms with van der Waals surface area (Å²) in [5.74, 6) is -0.343. The minimum atomic E-state index is -0.274. The minimum Gasteiger partial charge on any atom is -0.365 e. The van der Waals surface area contributed by atoms with E-state index >= 15 is 0 Å². The van der Waals surface area contributed by atoms with E-state index in [1.807, 2.05) is 42.3 Å². The third-order valence-electron chi connectivity index (χ3n) is 2.98. The van der Waals surface area contributed by atoms with Gasteiger partial charge in [-0.3, -0.25) is 4.79 Å². The molecule has 0 aliphatic heterocycles. The molecule has 0 aliphatic rings. The summed E-state index contributed by atoms with van der Waals surface area (Å²) < 4.78 is 12.8. The summed E-state index contributed by atoms with van der Waals surface area (Å²) in [5.41, 5.74) is 1.87. The average Bonchev–Trinajstić information content (AvgIpc) is 2.47. The van der Waals surface area contributed by atoms with Crippen LogP contribution in [-0.2, 0) is 11.3 Å². The first kappa shape index (κ1) is 14.1. The van der Waals surface area contributed by atoms with Gasteiger partial charge in [0.1, 0.15) is 5.82 Å². The van der Waals surface area contributed by atoms with E-state index < -0.39 is 0 Å². The molecule has 2 rings (SSSR count). The fourth-order valence-corrected chi connectivity index (χ4v) is 1.85. The maximum absolute atomic E-state index is 12.8. The van der Waals surface area contributed by atoms with Crippen molar-refractivity contribution < 1.29 is 9.18 Å². The highest BCUT2D eigenvalue weighted by Crippen LogP contribution is 2.10. The highest BCUT2D eigenvalue weighted by atomic mass is 19.1. The van der Waals surface area contributed by atoms with Gasteiger partial charge in [0.25, 0.3) is 0 Å². The quantitative estimate of drug-likeness (QED) is 0.907. The molecule has 0 fully saturated rings. The molecule has 0 spiro atoms. The van der Waals surface area contributed by atoms with E-state index in [1.165, 1.54) is 12.1 Å². The van der Waals surface area contributed by atoms with Gasteiger partial charge in [0.05, 0.1) is 6.54 Å². The summed E-state index contributed by atoms with van der Waals surface area (Å²) in [6.45, 7) is 0.687. The van der Waals surface area contributed by atoms with Gasteiger partial charge in [0, 0.05) is 19.3 Å². The van der Waals surface area contributed by atoms with Crippen molar-refractivity contribution in [3.63, 3.8) is 0 Å². The second-order valence-corrected chi connectivity index (χ2v) is 4.59. The molecule has 0 unspecified atom stereocenters. The topological polar surface area (TPSA) is 32.3 Å². The number of nitrogens with one attached hydrogen (secondary N) is 1. The molecule has 20 heavy (non-hydrogen) atoms. The average molecular weight is 272 g/mol. The molecular formula is C16H17FN2O. The smallest absolute Gasteiger partial charge is 0.239 e. The number of carbonyl (C=O) groups excluding carboxylic acids is 1. The standard InChI is InChI=1S/C16H17FN2O/c1-19(15-5-3-2-4-6-15)12-16(20)18-11-13-7-9-14(17)10-8-13/h2-10H,11-12H2,1H3,(H,18,20). The summed E-state index contributed by atoms with van der Waals surface area (Å²) in [4.78, 5) is 13.7. The van der Waals surface area contributed by atoms with E-state index in [4.69, 9.17) is 0 Å². The van der Waals surface area contributed by atoms with E-state index in [2.05, 4.69) is 5.32 Å². The predicted molar refractivity (Wildman–Crippen MR) is 78.0 cm³/mol. The number of hydrogen-bond donors (Lipinski definition) is 1. The highest BCUT2D eigenvalue weighted by Gasteiger charge is 2.06. The molecule has 2 aromatic rings. The second-order valence-electron chi connectivity index (χ2n) is 4.59. The predicted octanol–water partition coefficient (Wildman–Crippen LogP) is 2.58. The van der Waals surface area contributed by atoms with Gasteiger partial charge in [0.2, 0.25) is 5.91 Å². The fraction of sp³-hybridized carbons (Fsp3) is 0.188. The fourth-order valence-electron chi connectivity index (χ4n) is 1.85. The molecule has 3 nitrogen and oxygen atoms in total. The van der Waals surface area contributed by atoms with Crippen LogP contribution in [0.1, 0.15) is 5.56 Å². The zero-order valence-corrected chi connectivity index (χ0v) is 11.3. The number of benzene rings is 2.